The molecule has 0 saturated heterocycles. The molecule has 0 aliphatic carbocycles. The van der Waals surface area contributed by atoms with Crippen LogP contribution in [0.25, 0.3) is 0 Å². The highest BCUT2D eigenvalue weighted by Crippen LogP contribution is 2.29. The topological polar surface area (TPSA) is 55.4 Å². The van der Waals surface area contributed by atoms with Gasteiger partial charge in [-0.1, -0.05) is 43.7 Å². The summed E-state index contributed by atoms with van der Waals surface area (Å²) in [6, 6.07) is 15.1. The number of carbonyl (C=O) groups is 2. The molecule has 1 atom stereocenters. The van der Waals surface area contributed by atoms with Gasteiger partial charge >= 0.3 is 5.97 Å². The molecular weight excluding hydrogens is 314 g/mol. The number of anilines is 1. The number of hydrogen-bond donors (Lipinski definition) is 1. The average Bonchev–Trinajstić information content (AvgIpc) is 2.61. The lowest BCUT2D eigenvalue weighted by molar-refractivity contribution is -0.134. The van der Waals surface area contributed by atoms with Gasteiger partial charge in [0.2, 0.25) is 0 Å². The molecule has 0 radical (unpaired) electrons. The van der Waals surface area contributed by atoms with Crippen LogP contribution in [0.4, 0.5) is 5.69 Å². The predicted octanol–water partition coefficient (Wildman–Crippen LogP) is 4.14. The van der Waals surface area contributed by atoms with Gasteiger partial charge in [0.1, 0.15) is 0 Å². The highest BCUT2D eigenvalue weighted by atomic mass is 16.6. The van der Waals surface area contributed by atoms with Crippen LogP contribution in [0.1, 0.15) is 48.2 Å². The van der Waals surface area contributed by atoms with Gasteiger partial charge in [-0.05, 0) is 49.1 Å². The van der Waals surface area contributed by atoms with Crippen molar-refractivity contribution in [2.45, 2.75) is 45.1 Å². The Balaban J connectivity index is 1.72. The third-order valence-corrected chi connectivity index (χ3v) is 4.59. The standard InChI is InChI=1S/C21H23NO3/c1-3-4-7-15-10-12-17(13-11-15)22-20(24)21(2)14-16-8-5-6-9-18(16)19(23)25-21/h5-6,8-13H,3-4,7,14H2,1-2H3,(H,22,24)/t21-/m0/s1. The third-order valence-electron chi connectivity index (χ3n) is 4.59. The summed E-state index contributed by atoms with van der Waals surface area (Å²) >= 11 is 0. The summed E-state index contributed by atoms with van der Waals surface area (Å²) in [5.41, 5.74) is 2.14. The first-order valence-electron chi connectivity index (χ1n) is 8.73. The molecule has 1 aliphatic heterocycles. The number of aryl methyl sites for hydroxylation is 1. The van der Waals surface area contributed by atoms with Crippen molar-refractivity contribution < 1.29 is 14.3 Å². The van der Waals surface area contributed by atoms with Crippen LogP contribution in [0.5, 0.6) is 0 Å². The zero-order chi connectivity index (χ0) is 17.9. The van der Waals surface area contributed by atoms with Crippen LogP contribution in [-0.4, -0.2) is 17.5 Å². The van der Waals surface area contributed by atoms with Gasteiger partial charge in [0.25, 0.3) is 5.91 Å². The van der Waals surface area contributed by atoms with Gasteiger partial charge < -0.3 is 10.1 Å². The molecule has 3 rings (SSSR count). The lowest BCUT2D eigenvalue weighted by Gasteiger charge is -2.33. The maximum atomic E-state index is 12.7. The van der Waals surface area contributed by atoms with Crippen molar-refractivity contribution in [3.8, 4) is 0 Å². The fraction of sp³-hybridized carbons (Fsp3) is 0.333. The number of ether oxygens (including phenoxy) is 1. The SMILES string of the molecule is CCCCc1ccc(NC(=O)[C@]2(C)Cc3ccccc3C(=O)O2)cc1. The highest BCUT2D eigenvalue weighted by Gasteiger charge is 2.42. The second-order valence-corrected chi connectivity index (χ2v) is 6.71. The Morgan fingerprint density at radius 3 is 2.60 bits per heavy atom. The van der Waals surface area contributed by atoms with Crippen LogP contribution >= 0.6 is 0 Å². The molecular formula is C21H23NO3. The van der Waals surface area contributed by atoms with Crippen molar-refractivity contribution >= 4 is 17.6 Å². The number of benzene rings is 2. The van der Waals surface area contributed by atoms with E-state index in [9.17, 15) is 9.59 Å². The maximum Gasteiger partial charge on any atom is 0.339 e. The Labute approximate surface area is 148 Å². The summed E-state index contributed by atoms with van der Waals surface area (Å²) in [5.74, 6) is -0.758. The molecule has 2 aromatic rings. The van der Waals surface area contributed by atoms with Crippen molar-refractivity contribution in [2.75, 3.05) is 5.32 Å². The fourth-order valence-electron chi connectivity index (χ4n) is 3.06. The molecule has 4 nitrogen and oxygen atoms in total. The average molecular weight is 337 g/mol. The lowest BCUT2D eigenvalue weighted by Crippen LogP contribution is -2.48. The molecule has 1 N–H and O–H groups in total. The molecule has 1 aliphatic rings. The first-order valence-corrected chi connectivity index (χ1v) is 8.73. The van der Waals surface area contributed by atoms with Crippen molar-refractivity contribution in [2.24, 2.45) is 0 Å². The largest absolute Gasteiger partial charge is 0.445 e. The zero-order valence-corrected chi connectivity index (χ0v) is 14.7. The number of unbranched alkanes of at least 4 members (excludes halogenated alkanes) is 1. The number of esters is 1. The van der Waals surface area contributed by atoms with Crippen LogP contribution in [0.15, 0.2) is 48.5 Å². The van der Waals surface area contributed by atoms with E-state index in [0.29, 0.717) is 17.7 Å². The second-order valence-electron chi connectivity index (χ2n) is 6.71. The van der Waals surface area contributed by atoms with Crippen molar-refractivity contribution in [1.82, 2.24) is 0 Å². The number of cyclic esters (lactones) is 1. The number of fused-ring (bicyclic) bond motifs is 1. The van der Waals surface area contributed by atoms with Crippen LogP contribution in [0, 0.1) is 0 Å². The second kappa shape index (κ2) is 7.09. The van der Waals surface area contributed by atoms with E-state index in [0.717, 1.165) is 24.8 Å². The molecule has 0 saturated carbocycles. The molecule has 2 aromatic carbocycles. The summed E-state index contributed by atoms with van der Waals surface area (Å²) in [6.07, 6.45) is 3.72. The minimum Gasteiger partial charge on any atom is -0.445 e. The van der Waals surface area contributed by atoms with Gasteiger partial charge in [-0.25, -0.2) is 4.79 Å². The van der Waals surface area contributed by atoms with Crippen LogP contribution < -0.4 is 5.32 Å². The highest BCUT2D eigenvalue weighted by molar-refractivity contribution is 6.02. The van der Waals surface area contributed by atoms with E-state index in [4.69, 9.17) is 4.74 Å². The summed E-state index contributed by atoms with van der Waals surface area (Å²) in [7, 11) is 0. The molecule has 0 spiro atoms. The van der Waals surface area contributed by atoms with Gasteiger partial charge in [-0.3, -0.25) is 4.79 Å². The van der Waals surface area contributed by atoms with Crippen molar-refractivity contribution in [3.05, 3.63) is 65.2 Å². The summed E-state index contributed by atoms with van der Waals surface area (Å²) < 4.78 is 5.46. The summed E-state index contributed by atoms with van der Waals surface area (Å²) in [4.78, 5) is 24.9. The van der Waals surface area contributed by atoms with Crippen molar-refractivity contribution in [3.63, 3.8) is 0 Å². The van der Waals surface area contributed by atoms with E-state index in [1.807, 2.05) is 36.4 Å². The Kier molecular flexibility index (Phi) is 4.88. The van der Waals surface area contributed by atoms with Gasteiger partial charge in [-0.2, -0.15) is 0 Å². The molecule has 25 heavy (non-hydrogen) atoms. The predicted molar refractivity (Wildman–Crippen MR) is 97.7 cm³/mol. The number of amides is 1. The summed E-state index contributed by atoms with van der Waals surface area (Å²) in [6.45, 7) is 3.82. The van der Waals surface area contributed by atoms with Gasteiger partial charge in [-0.15, -0.1) is 0 Å². The molecule has 1 amide bonds. The zero-order valence-electron chi connectivity index (χ0n) is 14.7. The van der Waals surface area contributed by atoms with Crippen LogP contribution in [0.2, 0.25) is 0 Å². The van der Waals surface area contributed by atoms with Crippen LogP contribution in [-0.2, 0) is 22.4 Å². The van der Waals surface area contributed by atoms with Gasteiger partial charge in [0.15, 0.2) is 5.60 Å². The molecule has 0 fully saturated rings. The molecule has 1 heterocycles. The quantitative estimate of drug-likeness (QED) is 0.834. The molecule has 4 heteroatoms. The Morgan fingerprint density at radius 2 is 1.88 bits per heavy atom. The third kappa shape index (κ3) is 3.73. The number of rotatable bonds is 5. The first-order chi connectivity index (χ1) is 12.0. The lowest BCUT2D eigenvalue weighted by atomic mass is 9.89. The minimum absolute atomic E-state index is 0.309. The van der Waals surface area contributed by atoms with E-state index in [2.05, 4.69) is 12.2 Å². The maximum absolute atomic E-state index is 12.7. The van der Waals surface area contributed by atoms with Crippen molar-refractivity contribution in [1.29, 1.82) is 0 Å². The van der Waals surface area contributed by atoms with E-state index < -0.39 is 11.6 Å². The smallest absolute Gasteiger partial charge is 0.339 e. The molecule has 0 bridgehead atoms. The minimum atomic E-state index is -1.20. The monoisotopic (exact) mass is 337 g/mol. The normalized spacial score (nSPS) is 19.0. The molecule has 0 aromatic heterocycles. The fourth-order valence-corrected chi connectivity index (χ4v) is 3.06. The van der Waals surface area contributed by atoms with E-state index in [-0.39, 0.29) is 5.91 Å². The van der Waals surface area contributed by atoms with Gasteiger partial charge in [0.05, 0.1) is 5.56 Å². The van der Waals surface area contributed by atoms with Gasteiger partial charge in [0, 0.05) is 12.1 Å². The first kappa shape index (κ1) is 17.2. The Hall–Kier alpha value is -2.62. The van der Waals surface area contributed by atoms with Crippen LogP contribution in [0.3, 0.4) is 0 Å². The molecule has 0 unspecified atom stereocenters. The Morgan fingerprint density at radius 1 is 1.16 bits per heavy atom. The Bertz CT molecular complexity index is 782. The molecule has 130 valence electrons. The number of nitrogens with one attached hydrogen (secondary N) is 1. The van der Waals surface area contributed by atoms with E-state index in [1.54, 1.807) is 19.1 Å². The van der Waals surface area contributed by atoms with E-state index in [1.165, 1.54) is 5.56 Å². The summed E-state index contributed by atoms with van der Waals surface area (Å²) in [5, 5.41) is 2.87. The van der Waals surface area contributed by atoms with E-state index >= 15 is 0 Å². The number of carbonyl (C=O) groups excluding carboxylic acids is 2. The number of hydrogen-bond acceptors (Lipinski definition) is 3.